The van der Waals surface area contributed by atoms with Gasteiger partial charge in [0.15, 0.2) is 0 Å². The normalized spacial score (nSPS) is 10.9. The van der Waals surface area contributed by atoms with E-state index < -0.39 is 5.97 Å². The second kappa shape index (κ2) is 4.93. The first kappa shape index (κ1) is 11.7. The Labute approximate surface area is 89.3 Å². The van der Waals surface area contributed by atoms with Crippen molar-refractivity contribution in [3.8, 4) is 0 Å². The third kappa shape index (κ3) is 2.79. The summed E-state index contributed by atoms with van der Waals surface area (Å²) in [6, 6.07) is 0. The SMILES string of the molecule is CCN(CC)Cc1nn(C)cc1C(=O)O. The van der Waals surface area contributed by atoms with Crippen LogP contribution < -0.4 is 0 Å². The molecule has 0 fully saturated rings. The molecule has 5 heteroatoms. The van der Waals surface area contributed by atoms with Crippen molar-refractivity contribution in [1.29, 1.82) is 0 Å². The summed E-state index contributed by atoms with van der Waals surface area (Å²) in [6.07, 6.45) is 1.54. The summed E-state index contributed by atoms with van der Waals surface area (Å²) in [6.45, 7) is 6.48. The van der Waals surface area contributed by atoms with Gasteiger partial charge in [0.1, 0.15) is 5.56 Å². The number of aryl methyl sites for hydroxylation is 1. The molecule has 0 aliphatic rings. The van der Waals surface area contributed by atoms with Gasteiger partial charge in [-0.05, 0) is 13.1 Å². The molecule has 1 aromatic rings. The van der Waals surface area contributed by atoms with Crippen LogP contribution in [0.25, 0.3) is 0 Å². The summed E-state index contributed by atoms with van der Waals surface area (Å²) >= 11 is 0. The molecule has 0 unspecified atom stereocenters. The van der Waals surface area contributed by atoms with E-state index in [0.29, 0.717) is 17.8 Å². The molecule has 0 amide bonds. The quantitative estimate of drug-likeness (QED) is 0.788. The summed E-state index contributed by atoms with van der Waals surface area (Å²) in [5.74, 6) is -0.912. The van der Waals surface area contributed by atoms with Gasteiger partial charge in [-0.1, -0.05) is 13.8 Å². The molecule has 84 valence electrons. The van der Waals surface area contributed by atoms with E-state index in [1.807, 2.05) is 13.8 Å². The fourth-order valence-corrected chi connectivity index (χ4v) is 1.49. The Balaban J connectivity index is 2.88. The molecule has 15 heavy (non-hydrogen) atoms. The fraction of sp³-hybridized carbons (Fsp3) is 0.600. The average Bonchev–Trinajstić information content (AvgIpc) is 2.56. The molecule has 0 aliphatic carbocycles. The Morgan fingerprint density at radius 2 is 2.13 bits per heavy atom. The number of aromatic carboxylic acids is 1. The molecular weight excluding hydrogens is 194 g/mol. The lowest BCUT2D eigenvalue weighted by Gasteiger charge is -2.16. The minimum atomic E-state index is -0.912. The smallest absolute Gasteiger partial charge is 0.339 e. The molecule has 0 aromatic carbocycles. The van der Waals surface area contributed by atoms with Gasteiger partial charge in [-0.25, -0.2) is 4.79 Å². The second-order valence-corrected chi connectivity index (χ2v) is 3.43. The highest BCUT2D eigenvalue weighted by molar-refractivity contribution is 5.88. The molecule has 0 bridgehead atoms. The predicted octanol–water partition coefficient (Wildman–Crippen LogP) is 0.960. The third-order valence-electron chi connectivity index (χ3n) is 2.40. The van der Waals surface area contributed by atoms with Crippen molar-refractivity contribution in [3.63, 3.8) is 0 Å². The minimum Gasteiger partial charge on any atom is -0.478 e. The summed E-state index contributed by atoms with van der Waals surface area (Å²) < 4.78 is 1.54. The largest absolute Gasteiger partial charge is 0.478 e. The fourth-order valence-electron chi connectivity index (χ4n) is 1.49. The lowest BCUT2D eigenvalue weighted by atomic mass is 10.2. The van der Waals surface area contributed by atoms with Crippen LogP contribution in [0, 0.1) is 0 Å². The van der Waals surface area contributed by atoms with E-state index >= 15 is 0 Å². The zero-order chi connectivity index (χ0) is 11.4. The lowest BCUT2D eigenvalue weighted by Crippen LogP contribution is -2.23. The summed E-state index contributed by atoms with van der Waals surface area (Å²) in [4.78, 5) is 13.1. The highest BCUT2D eigenvalue weighted by atomic mass is 16.4. The lowest BCUT2D eigenvalue weighted by molar-refractivity contribution is 0.0694. The molecule has 0 radical (unpaired) electrons. The number of hydrogen-bond donors (Lipinski definition) is 1. The van der Waals surface area contributed by atoms with Crippen molar-refractivity contribution in [2.75, 3.05) is 13.1 Å². The zero-order valence-electron chi connectivity index (χ0n) is 9.40. The van der Waals surface area contributed by atoms with Crippen molar-refractivity contribution >= 4 is 5.97 Å². The summed E-state index contributed by atoms with van der Waals surface area (Å²) in [7, 11) is 1.73. The molecular formula is C10H17N3O2. The van der Waals surface area contributed by atoms with Crippen LogP contribution in [0.5, 0.6) is 0 Å². The minimum absolute atomic E-state index is 0.296. The molecule has 0 spiro atoms. The van der Waals surface area contributed by atoms with Crippen molar-refractivity contribution in [2.24, 2.45) is 7.05 Å². The van der Waals surface area contributed by atoms with E-state index in [1.54, 1.807) is 17.9 Å². The first-order chi connectivity index (χ1) is 7.08. The van der Waals surface area contributed by atoms with Gasteiger partial charge >= 0.3 is 5.97 Å². The van der Waals surface area contributed by atoms with Crippen LogP contribution in [-0.4, -0.2) is 38.8 Å². The van der Waals surface area contributed by atoms with Gasteiger partial charge in [0, 0.05) is 19.8 Å². The van der Waals surface area contributed by atoms with Gasteiger partial charge < -0.3 is 5.11 Å². The first-order valence-electron chi connectivity index (χ1n) is 5.06. The molecule has 0 saturated heterocycles. The average molecular weight is 211 g/mol. The Hall–Kier alpha value is -1.36. The topological polar surface area (TPSA) is 58.4 Å². The van der Waals surface area contributed by atoms with Crippen molar-refractivity contribution in [2.45, 2.75) is 20.4 Å². The van der Waals surface area contributed by atoms with Crippen molar-refractivity contribution in [1.82, 2.24) is 14.7 Å². The van der Waals surface area contributed by atoms with Crippen LogP contribution in [-0.2, 0) is 13.6 Å². The van der Waals surface area contributed by atoms with Crippen molar-refractivity contribution < 1.29 is 9.90 Å². The van der Waals surface area contributed by atoms with E-state index in [-0.39, 0.29) is 0 Å². The summed E-state index contributed by atoms with van der Waals surface area (Å²) in [5.41, 5.74) is 0.929. The van der Waals surface area contributed by atoms with Gasteiger partial charge in [-0.2, -0.15) is 5.10 Å². The van der Waals surface area contributed by atoms with E-state index in [2.05, 4.69) is 10.00 Å². The maximum atomic E-state index is 10.9. The van der Waals surface area contributed by atoms with Crippen LogP contribution in [0.2, 0.25) is 0 Å². The van der Waals surface area contributed by atoms with E-state index in [1.165, 1.54) is 0 Å². The van der Waals surface area contributed by atoms with Gasteiger partial charge in [0.25, 0.3) is 0 Å². The predicted molar refractivity (Wildman–Crippen MR) is 56.8 cm³/mol. The van der Waals surface area contributed by atoms with Crippen LogP contribution in [0.1, 0.15) is 29.9 Å². The third-order valence-corrected chi connectivity index (χ3v) is 2.40. The highest BCUT2D eigenvalue weighted by Crippen LogP contribution is 2.09. The van der Waals surface area contributed by atoms with Gasteiger partial charge in [0.05, 0.1) is 5.69 Å². The van der Waals surface area contributed by atoms with Crippen molar-refractivity contribution in [3.05, 3.63) is 17.5 Å². The van der Waals surface area contributed by atoms with Crippen LogP contribution in [0.15, 0.2) is 6.20 Å². The first-order valence-corrected chi connectivity index (χ1v) is 5.06. The maximum absolute atomic E-state index is 10.9. The molecule has 0 atom stereocenters. The highest BCUT2D eigenvalue weighted by Gasteiger charge is 2.15. The Kier molecular flexibility index (Phi) is 3.85. The molecule has 1 heterocycles. The van der Waals surface area contributed by atoms with E-state index in [0.717, 1.165) is 13.1 Å². The Bertz CT molecular complexity index is 342. The molecule has 0 aliphatic heterocycles. The van der Waals surface area contributed by atoms with Crippen LogP contribution in [0.3, 0.4) is 0 Å². The van der Waals surface area contributed by atoms with Gasteiger partial charge in [-0.15, -0.1) is 0 Å². The summed E-state index contributed by atoms with van der Waals surface area (Å²) in [5, 5.41) is 13.1. The number of carbonyl (C=O) groups is 1. The zero-order valence-corrected chi connectivity index (χ0v) is 9.40. The molecule has 0 saturated carbocycles. The molecule has 1 N–H and O–H groups in total. The number of hydrogen-bond acceptors (Lipinski definition) is 3. The standard InChI is InChI=1S/C10H17N3O2/c1-4-13(5-2)7-9-8(10(14)15)6-12(3)11-9/h6H,4-5,7H2,1-3H3,(H,14,15). The van der Waals surface area contributed by atoms with Gasteiger partial charge in [-0.3, -0.25) is 9.58 Å². The number of carboxylic acid groups (broad SMARTS) is 1. The Morgan fingerprint density at radius 3 is 2.60 bits per heavy atom. The van der Waals surface area contributed by atoms with Crippen LogP contribution >= 0.6 is 0 Å². The number of aromatic nitrogens is 2. The molecule has 5 nitrogen and oxygen atoms in total. The number of carboxylic acids is 1. The number of nitrogens with zero attached hydrogens (tertiary/aromatic N) is 3. The van der Waals surface area contributed by atoms with E-state index in [4.69, 9.17) is 5.11 Å². The van der Waals surface area contributed by atoms with Crippen LogP contribution in [0.4, 0.5) is 0 Å². The Morgan fingerprint density at radius 1 is 1.53 bits per heavy atom. The molecule has 1 rings (SSSR count). The van der Waals surface area contributed by atoms with Gasteiger partial charge in [0.2, 0.25) is 0 Å². The second-order valence-electron chi connectivity index (χ2n) is 3.43. The van der Waals surface area contributed by atoms with E-state index in [9.17, 15) is 4.79 Å². The number of rotatable bonds is 5. The monoisotopic (exact) mass is 211 g/mol. The maximum Gasteiger partial charge on any atom is 0.339 e. The molecule has 1 aromatic heterocycles.